The Bertz CT molecular complexity index is 381. The molecule has 1 atom stereocenters. The molecule has 0 aliphatic heterocycles. The topological polar surface area (TPSA) is 41.1 Å². The van der Waals surface area contributed by atoms with Gasteiger partial charge in [-0.1, -0.05) is 58.0 Å². The van der Waals surface area contributed by atoms with Gasteiger partial charge in [0.05, 0.1) is 6.04 Å². The SMILES string of the molecule is CCNCCC(=O)NC(c1ccccc1)C(C)(C)C. The molecular formula is C16H26N2O. The summed E-state index contributed by atoms with van der Waals surface area (Å²) in [5.74, 6) is 0.102. The van der Waals surface area contributed by atoms with Crippen LogP contribution in [0.25, 0.3) is 0 Å². The van der Waals surface area contributed by atoms with Crippen molar-refractivity contribution in [2.45, 2.75) is 40.2 Å². The molecule has 1 aromatic rings. The largest absolute Gasteiger partial charge is 0.349 e. The van der Waals surface area contributed by atoms with Crippen LogP contribution in [0.3, 0.4) is 0 Å². The Morgan fingerprint density at radius 2 is 1.84 bits per heavy atom. The third-order valence-electron chi connectivity index (χ3n) is 3.08. The summed E-state index contributed by atoms with van der Waals surface area (Å²) >= 11 is 0. The second-order valence-electron chi connectivity index (χ2n) is 5.88. The lowest BCUT2D eigenvalue weighted by molar-refractivity contribution is -0.122. The quantitative estimate of drug-likeness (QED) is 0.774. The summed E-state index contributed by atoms with van der Waals surface area (Å²) in [6.45, 7) is 10.1. The van der Waals surface area contributed by atoms with Gasteiger partial charge < -0.3 is 10.6 Å². The first kappa shape index (κ1) is 15.7. The van der Waals surface area contributed by atoms with E-state index in [0.29, 0.717) is 6.42 Å². The van der Waals surface area contributed by atoms with Crippen LogP contribution >= 0.6 is 0 Å². The minimum atomic E-state index is -0.00476. The first-order valence-electron chi connectivity index (χ1n) is 7.00. The number of rotatable bonds is 6. The van der Waals surface area contributed by atoms with E-state index >= 15 is 0 Å². The predicted octanol–water partition coefficient (Wildman–Crippen LogP) is 2.89. The van der Waals surface area contributed by atoms with Gasteiger partial charge >= 0.3 is 0 Å². The Morgan fingerprint density at radius 3 is 2.37 bits per heavy atom. The lowest BCUT2D eigenvalue weighted by atomic mass is 9.82. The molecule has 19 heavy (non-hydrogen) atoms. The highest BCUT2D eigenvalue weighted by atomic mass is 16.1. The van der Waals surface area contributed by atoms with Gasteiger partial charge in [0.15, 0.2) is 0 Å². The summed E-state index contributed by atoms with van der Waals surface area (Å²) in [6.07, 6.45) is 0.521. The Morgan fingerprint density at radius 1 is 1.21 bits per heavy atom. The highest BCUT2D eigenvalue weighted by Gasteiger charge is 2.27. The van der Waals surface area contributed by atoms with Crippen LogP contribution in [0.15, 0.2) is 30.3 Å². The van der Waals surface area contributed by atoms with Crippen molar-refractivity contribution in [3.05, 3.63) is 35.9 Å². The normalized spacial score (nSPS) is 13.1. The molecule has 0 bridgehead atoms. The summed E-state index contributed by atoms with van der Waals surface area (Å²) in [5, 5.41) is 6.32. The zero-order valence-corrected chi connectivity index (χ0v) is 12.5. The molecule has 3 heteroatoms. The van der Waals surface area contributed by atoms with Crippen LogP contribution in [0.4, 0.5) is 0 Å². The van der Waals surface area contributed by atoms with Crippen molar-refractivity contribution in [1.82, 2.24) is 10.6 Å². The number of carbonyl (C=O) groups excluding carboxylic acids is 1. The summed E-state index contributed by atoms with van der Waals surface area (Å²) < 4.78 is 0. The molecule has 0 radical (unpaired) electrons. The lowest BCUT2D eigenvalue weighted by Crippen LogP contribution is -2.37. The average molecular weight is 262 g/mol. The van der Waals surface area contributed by atoms with Crippen molar-refractivity contribution < 1.29 is 4.79 Å². The van der Waals surface area contributed by atoms with Crippen molar-refractivity contribution in [3.63, 3.8) is 0 Å². The smallest absolute Gasteiger partial charge is 0.221 e. The predicted molar refractivity (Wildman–Crippen MR) is 79.9 cm³/mol. The van der Waals surface area contributed by atoms with Crippen molar-refractivity contribution in [2.24, 2.45) is 5.41 Å². The fourth-order valence-corrected chi connectivity index (χ4v) is 2.06. The van der Waals surface area contributed by atoms with Gasteiger partial charge in [0.25, 0.3) is 0 Å². The molecule has 0 spiro atoms. The Balaban J connectivity index is 2.69. The molecule has 0 aromatic heterocycles. The van der Waals surface area contributed by atoms with Gasteiger partial charge in [-0.05, 0) is 17.5 Å². The van der Waals surface area contributed by atoms with E-state index in [1.165, 1.54) is 0 Å². The number of carbonyl (C=O) groups is 1. The number of hydrogen-bond donors (Lipinski definition) is 2. The Hall–Kier alpha value is -1.35. The van der Waals surface area contributed by atoms with Crippen molar-refractivity contribution in [3.8, 4) is 0 Å². The van der Waals surface area contributed by atoms with Crippen LogP contribution in [0.5, 0.6) is 0 Å². The van der Waals surface area contributed by atoms with Gasteiger partial charge in [-0.25, -0.2) is 0 Å². The van der Waals surface area contributed by atoms with Crippen molar-refractivity contribution in [1.29, 1.82) is 0 Å². The average Bonchev–Trinajstić information content (AvgIpc) is 2.36. The third kappa shape index (κ3) is 5.43. The standard InChI is InChI=1S/C16H26N2O/c1-5-17-12-11-14(19)18-15(16(2,3)4)13-9-7-6-8-10-13/h6-10,15,17H,5,11-12H2,1-4H3,(H,18,19). The molecule has 0 saturated carbocycles. The molecule has 0 heterocycles. The Kier molecular flexibility index (Phi) is 6.03. The van der Waals surface area contributed by atoms with E-state index < -0.39 is 0 Å². The minimum Gasteiger partial charge on any atom is -0.349 e. The van der Waals surface area contributed by atoms with Gasteiger partial charge in [-0.2, -0.15) is 0 Å². The van der Waals surface area contributed by atoms with Crippen LogP contribution in [0, 0.1) is 5.41 Å². The molecule has 2 N–H and O–H groups in total. The maximum atomic E-state index is 12.0. The first-order chi connectivity index (χ1) is 8.95. The maximum absolute atomic E-state index is 12.0. The van der Waals surface area contributed by atoms with E-state index in [0.717, 1.165) is 18.7 Å². The molecule has 1 amide bonds. The monoisotopic (exact) mass is 262 g/mol. The fourth-order valence-electron chi connectivity index (χ4n) is 2.06. The molecular weight excluding hydrogens is 236 g/mol. The molecule has 0 aliphatic carbocycles. The summed E-state index contributed by atoms with van der Waals surface area (Å²) in [7, 11) is 0. The van der Waals surface area contributed by atoms with Gasteiger partial charge in [0.2, 0.25) is 5.91 Å². The molecule has 0 fully saturated rings. The van der Waals surface area contributed by atoms with Crippen LogP contribution in [0.2, 0.25) is 0 Å². The highest BCUT2D eigenvalue weighted by molar-refractivity contribution is 5.76. The summed E-state index contributed by atoms with van der Waals surface area (Å²) in [5.41, 5.74) is 1.15. The Labute approximate surface area is 116 Å². The lowest BCUT2D eigenvalue weighted by Gasteiger charge is -2.32. The van der Waals surface area contributed by atoms with E-state index in [1.807, 2.05) is 25.1 Å². The summed E-state index contributed by atoms with van der Waals surface area (Å²) in [4.78, 5) is 12.0. The van der Waals surface area contributed by atoms with E-state index in [4.69, 9.17) is 0 Å². The molecule has 1 unspecified atom stereocenters. The van der Waals surface area contributed by atoms with Gasteiger partial charge in [-0.3, -0.25) is 4.79 Å². The molecule has 1 rings (SSSR count). The zero-order chi connectivity index (χ0) is 14.3. The second-order valence-corrected chi connectivity index (χ2v) is 5.88. The summed E-state index contributed by atoms with van der Waals surface area (Å²) in [6, 6.07) is 10.2. The van der Waals surface area contributed by atoms with Crippen molar-refractivity contribution in [2.75, 3.05) is 13.1 Å². The number of amides is 1. The number of benzene rings is 1. The number of nitrogens with one attached hydrogen (secondary N) is 2. The van der Waals surface area contributed by atoms with Crippen LogP contribution in [0.1, 0.15) is 45.7 Å². The van der Waals surface area contributed by atoms with E-state index in [2.05, 4.69) is 43.5 Å². The fraction of sp³-hybridized carbons (Fsp3) is 0.562. The maximum Gasteiger partial charge on any atom is 0.221 e. The van der Waals surface area contributed by atoms with E-state index in [9.17, 15) is 4.79 Å². The zero-order valence-electron chi connectivity index (χ0n) is 12.5. The van der Waals surface area contributed by atoms with Crippen molar-refractivity contribution >= 4 is 5.91 Å². The molecule has 0 aliphatic rings. The van der Waals surface area contributed by atoms with Gasteiger partial charge in [-0.15, -0.1) is 0 Å². The molecule has 3 nitrogen and oxygen atoms in total. The molecule has 0 saturated heterocycles. The highest BCUT2D eigenvalue weighted by Crippen LogP contribution is 2.32. The van der Waals surface area contributed by atoms with E-state index in [-0.39, 0.29) is 17.4 Å². The van der Waals surface area contributed by atoms with Gasteiger partial charge in [0, 0.05) is 13.0 Å². The minimum absolute atomic E-state index is 0.00476. The molecule has 106 valence electrons. The molecule has 1 aromatic carbocycles. The van der Waals surface area contributed by atoms with Crippen LogP contribution in [-0.2, 0) is 4.79 Å². The third-order valence-corrected chi connectivity index (χ3v) is 3.08. The number of hydrogen-bond acceptors (Lipinski definition) is 2. The van der Waals surface area contributed by atoms with Crippen LogP contribution in [-0.4, -0.2) is 19.0 Å². The van der Waals surface area contributed by atoms with E-state index in [1.54, 1.807) is 0 Å². The second kappa shape index (κ2) is 7.29. The first-order valence-corrected chi connectivity index (χ1v) is 7.00. The van der Waals surface area contributed by atoms with Gasteiger partial charge in [0.1, 0.15) is 0 Å². The van der Waals surface area contributed by atoms with Crippen LogP contribution < -0.4 is 10.6 Å².